The molecule has 0 N–H and O–H groups in total. The van der Waals surface area contributed by atoms with Gasteiger partial charge in [0.25, 0.3) is 0 Å². The summed E-state index contributed by atoms with van der Waals surface area (Å²) >= 11 is 0. The molecule has 0 amide bonds. The molecule has 20 heavy (non-hydrogen) atoms. The van der Waals surface area contributed by atoms with Crippen molar-refractivity contribution in [1.82, 2.24) is 9.97 Å². The van der Waals surface area contributed by atoms with E-state index in [9.17, 15) is 0 Å². The van der Waals surface area contributed by atoms with Crippen LogP contribution in [0.2, 0.25) is 0 Å². The van der Waals surface area contributed by atoms with E-state index in [1.54, 1.807) is 6.20 Å². The molecule has 0 aliphatic carbocycles. The van der Waals surface area contributed by atoms with Crippen molar-refractivity contribution in [1.29, 1.82) is 0 Å². The van der Waals surface area contributed by atoms with Gasteiger partial charge in [-0.3, -0.25) is 4.98 Å². The molecule has 2 aromatic rings. The van der Waals surface area contributed by atoms with Crippen LogP contribution in [-0.2, 0) is 9.31 Å². The number of rotatable bonds is 2. The molecule has 2 aromatic heterocycles. The first-order valence-corrected chi connectivity index (χ1v) is 6.61. The smallest absolute Gasteiger partial charge is 0.443 e. The lowest BCUT2D eigenvalue weighted by Crippen LogP contribution is -2.41. The third-order valence-electron chi connectivity index (χ3n) is 3.92. The van der Waals surface area contributed by atoms with E-state index in [0.29, 0.717) is 11.6 Å². The SMILES string of the molecule is CC1(C)OB(c2cccc(-c3ncco3)n2)OC1(C)C. The molecule has 3 heterocycles. The molecule has 5 nitrogen and oxygen atoms in total. The van der Waals surface area contributed by atoms with Crippen LogP contribution in [0.15, 0.2) is 35.1 Å². The molecule has 1 saturated heterocycles. The third-order valence-corrected chi connectivity index (χ3v) is 3.92. The highest BCUT2D eigenvalue weighted by molar-refractivity contribution is 6.61. The molecule has 0 bridgehead atoms. The Bertz CT molecular complexity index is 595. The summed E-state index contributed by atoms with van der Waals surface area (Å²) in [6.45, 7) is 8.08. The van der Waals surface area contributed by atoms with Gasteiger partial charge >= 0.3 is 7.12 Å². The minimum absolute atomic E-state index is 0.377. The Balaban J connectivity index is 1.91. The number of nitrogens with zero attached hydrogens (tertiary/aromatic N) is 2. The van der Waals surface area contributed by atoms with Gasteiger partial charge in [-0.05, 0) is 39.8 Å². The largest absolute Gasteiger partial charge is 0.514 e. The maximum Gasteiger partial charge on any atom is 0.514 e. The molecule has 0 spiro atoms. The van der Waals surface area contributed by atoms with Gasteiger partial charge in [-0.15, -0.1) is 0 Å². The minimum atomic E-state index is -0.477. The summed E-state index contributed by atoms with van der Waals surface area (Å²) in [6.07, 6.45) is 3.12. The first kappa shape index (κ1) is 13.3. The summed E-state index contributed by atoms with van der Waals surface area (Å²) < 4.78 is 17.2. The minimum Gasteiger partial charge on any atom is -0.443 e. The number of pyridine rings is 1. The Labute approximate surface area is 118 Å². The molecule has 1 fully saturated rings. The van der Waals surface area contributed by atoms with Gasteiger partial charge in [-0.2, -0.15) is 0 Å². The lowest BCUT2D eigenvalue weighted by molar-refractivity contribution is 0.00578. The van der Waals surface area contributed by atoms with Gasteiger partial charge < -0.3 is 13.7 Å². The average molecular weight is 272 g/mol. The van der Waals surface area contributed by atoms with Crippen LogP contribution in [0.5, 0.6) is 0 Å². The van der Waals surface area contributed by atoms with Crippen molar-refractivity contribution in [3.8, 4) is 11.6 Å². The van der Waals surface area contributed by atoms with Crippen molar-refractivity contribution in [2.24, 2.45) is 0 Å². The second-order valence-corrected chi connectivity index (χ2v) is 5.87. The van der Waals surface area contributed by atoms with Gasteiger partial charge in [0.15, 0.2) is 0 Å². The molecular formula is C14H17BN2O3. The lowest BCUT2D eigenvalue weighted by atomic mass is 9.84. The Morgan fingerprint density at radius 3 is 2.35 bits per heavy atom. The molecule has 0 unspecified atom stereocenters. The standard InChI is InChI=1S/C14H17BN2O3/c1-13(2)14(3,4)20-15(19-13)11-7-5-6-10(17-11)12-16-8-9-18-12/h5-9H,1-4H3. The second-order valence-electron chi connectivity index (χ2n) is 5.87. The quantitative estimate of drug-likeness (QED) is 0.783. The number of aromatic nitrogens is 2. The van der Waals surface area contributed by atoms with Crippen molar-refractivity contribution in [3.05, 3.63) is 30.7 Å². The zero-order chi connectivity index (χ0) is 14.4. The summed E-state index contributed by atoms with van der Waals surface area (Å²) in [7, 11) is -0.477. The zero-order valence-electron chi connectivity index (χ0n) is 12.1. The van der Waals surface area contributed by atoms with E-state index in [-0.39, 0.29) is 11.2 Å². The van der Waals surface area contributed by atoms with E-state index in [1.165, 1.54) is 6.26 Å². The van der Waals surface area contributed by atoms with Gasteiger partial charge in [-0.25, -0.2) is 4.98 Å². The van der Waals surface area contributed by atoms with E-state index in [2.05, 4.69) is 9.97 Å². The Kier molecular flexibility index (Phi) is 2.95. The molecule has 1 aliphatic heterocycles. The maximum absolute atomic E-state index is 5.99. The molecule has 0 atom stereocenters. The molecule has 3 rings (SSSR count). The number of oxazole rings is 1. The fourth-order valence-corrected chi connectivity index (χ4v) is 2.02. The van der Waals surface area contributed by atoms with Crippen LogP contribution in [0.4, 0.5) is 0 Å². The summed E-state index contributed by atoms with van der Waals surface area (Å²) in [4.78, 5) is 8.62. The number of hydrogen-bond donors (Lipinski definition) is 0. The van der Waals surface area contributed by atoms with Crippen LogP contribution in [0.25, 0.3) is 11.6 Å². The van der Waals surface area contributed by atoms with Crippen LogP contribution in [0, 0.1) is 0 Å². The van der Waals surface area contributed by atoms with Gasteiger partial charge in [-0.1, -0.05) is 6.07 Å². The maximum atomic E-state index is 5.99. The molecule has 0 aromatic carbocycles. The van der Waals surface area contributed by atoms with Crippen LogP contribution >= 0.6 is 0 Å². The normalized spacial score (nSPS) is 20.3. The van der Waals surface area contributed by atoms with Crippen LogP contribution in [0.3, 0.4) is 0 Å². The molecule has 6 heteroatoms. The second kappa shape index (κ2) is 4.43. The molecule has 0 radical (unpaired) electrons. The van der Waals surface area contributed by atoms with E-state index in [4.69, 9.17) is 13.7 Å². The number of hydrogen-bond acceptors (Lipinski definition) is 5. The average Bonchev–Trinajstić information content (AvgIpc) is 2.97. The van der Waals surface area contributed by atoms with Gasteiger partial charge in [0.2, 0.25) is 5.89 Å². The van der Waals surface area contributed by atoms with E-state index in [0.717, 1.165) is 5.59 Å². The Hall–Kier alpha value is -1.66. The fourth-order valence-electron chi connectivity index (χ4n) is 2.02. The highest BCUT2D eigenvalue weighted by Crippen LogP contribution is 2.36. The van der Waals surface area contributed by atoms with Crippen molar-refractivity contribution in [2.45, 2.75) is 38.9 Å². The van der Waals surface area contributed by atoms with Crippen LogP contribution < -0.4 is 5.59 Å². The predicted octanol–water partition coefficient (Wildman–Crippen LogP) is 2.04. The Morgan fingerprint density at radius 2 is 1.75 bits per heavy atom. The summed E-state index contributed by atoms with van der Waals surface area (Å²) in [5.41, 5.74) is 0.637. The van der Waals surface area contributed by atoms with Crippen molar-refractivity contribution in [2.75, 3.05) is 0 Å². The predicted molar refractivity (Wildman–Crippen MR) is 75.5 cm³/mol. The first-order valence-electron chi connectivity index (χ1n) is 6.61. The van der Waals surface area contributed by atoms with Crippen LogP contribution in [0.1, 0.15) is 27.7 Å². The summed E-state index contributed by atoms with van der Waals surface area (Å²) in [6, 6.07) is 5.63. The monoisotopic (exact) mass is 272 g/mol. The van der Waals surface area contributed by atoms with Crippen molar-refractivity contribution < 1.29 is 13.7 Å². The lowest BCUT2D eigenvalue weighted by Gasteiger charge is -2.32. The molecule has 0 saturated carbocycles. The molecule has 1 aliphatic rings. The van der Waals surface area contributed by atoms with Gasteiger partial charge in [0, 0.05) is 0 Å². The summed E-state index contributed by atoms with van der Waals surface area (Å²) in [5.74, 6) is 0.489. The van der Waals surface area contributed by atoms with E-state index < -0.39 is 7.12 Å². The molecule has 104 valence electrons. The zero-order valence-corrected chi connectivity index (χ0v) is 12.1. The van der Waals surface area contributed by atoms with Gasteiger partial charge in [0.05, 0.1) is 23.0 Å². The highest BCUT2D eigenvalue weighted by Gasteiger charge is 2.52. The van der Waals surface area contributed by atoms with Crippen molar-refractivity contribution in [3.63, 3.8) is 0 Å². The summed E-state index contributed by atoms with van der Waals surface area (Å²) in [5, 5.41) is 0. The Morgan fingerprint density at radius 1 is 1.05 bits per heavy atom. The highest BCUT2D eigenvalue weighted by atomic mass is 16.7. The van der Waals surface area contributed by atoms with Crippen LogP contribution in [-0.4, -0.2) is 28.3 Å². The van der Waals surface area contributed by atoms with Gasteiger partial charge in [0.1, 0.15) is 12.0 Å². The fraction of sp³-hybridized carbons (Fsp3) is 0.429. The third kappa shape index (κ3) is 2.15. The molecular weight excluding hydrogens is 255 g/mol. The van der Waals surface area contributed by atoms with E-state index >= 15 is 0 Å². The topological polar surface area (TPSA) is 57.4 Å². The van der Waals surface area contributed by atoms with E-state index in [1.807, 2.05) is 45.9 Å². The first-order chi connectivity index (χ1) is 9.39. The van der Waals surface area contributed by atoms with Crippen molar-refractivity contribution >= 4 is 12.7 Å².